The zero-order valence-corrected chi connectivity index (χ0v) is 8.84. The van der Waals surface area contributed by atoms with Crippen LogP contribution in [0.3, 0.4) is 0 Å². The lowest BCUT2D eigenvalue weighted by atomic mass is 10.4. The van der Waals surface area contributed by atoms with Crippen molar-refractivity contribution in [3.63, 3.8) is 0 Å². The summed E-state index contributed by atoms with van der Waals surface area (Å²) in [6.07, 6.45) is 1.58. The monoisotopic (exact) mass is 235 g/mol. The molecule has 0 radical (unpaired) electrons. The summed E-state index contributed by atoms with van der Waals surface area (Å²) in [6, 6.07) is 0. The Morgan fingerprint density at radius 2 is 2.50 bits per heavy atom. The molecule has 1 saturated heterocycles. The predicted octanol–water partition coefficient (Wildman–Crippen LogP) is 1.02. The van der Waals surface area contributed by atoms with E-state index in [1.165, 1.54) is 0 Å². The van der Waals surface area contributed by atoms with E-state index in [0.717, 1.165) is 26.1 Å². The van der Waals surface area contributed by atoms with Crippen LogP contribution in [0.5, 0.6) is 0 Å². The first kappa shape index (κ1) is 9.99. The number of nitrogens with zero attached hydrogens (tertiary/aromatic N) is 1. The van der Waals surface area contributed by atoms with Gasteiger partial charge in [-0.15, -0.1) is 0 Å². The molecule has 4 heteroatoms. The van der Waals surface area contributed by atoms with Gasteiger partial charge in [0.15, 0.2) is 0 Å². The van der Waals surface area contributed by atoms with Crippen LogP contribution in [-0.4, -0.2) is 42.4 Å². The molecule has 1 aliphatic heterocycles. The van der Waals surface area contributed by atoms with Crippen LogP contribution in [0.15, 0.2) is 0 Å². The van der Waals surface area contributed by atoms with Gasteiger partial charge in [-0.1, -0.05) is 15.9 Å². The molecule has 12 heavy (non-hydrogen) atoms. The normalized spacial score (nSPS) is 23.7. The quantitative estimate of drug-likeness (QED) is 0.538. The predicted molar refractivity (Wildman–Crippen MR) is 50.4 cm³/mol. The standard InChI is InChI=1S/C8H14BrNO2/c1-12-4-2-3-10-6-7(9)5-8(10)11/h7H,2-6H2,1H3. The van der Waals surface area contributed by atoms with Crippen LogP contribution in [0.4, 0.5) is 0 Å². The van der Waals surface area contributed by atoms with Crippen molar-refractivity contribution in [3.8, 4) is 0 Å². The van der Waals surface area contributed by atoms with E-state index in [2.05, 4.69) is 15.9 Å². The molecule has 3 nitrogen and oxygen atoms in total. The van der Waals surface area contributed by atoms with Gasteiger partial charge >= 0.3 is 0 Å². The van der Waals surface area contributed by atoms with E-state index in [4.69, 9.17) is 4.74 Å². The molecule has 0 aromatic carbocycles. The molecule has 0 aromatic heterocycles. The Morgan fingerprint density at radius 3 is 3.00 bits per heavy atom. The zero-order chi connectivity index (χ0) is 8.97. The number of ether oxygens (including phenoxy) is 1. The lowest BCUT2D eigenvalue weighted by Crippen LogP contribution is -2.27. The average Bonchev–Trinajstić information content (AvgIpc) is 2.31. The first-order valence-electron chi connectivity index (χ1n) is 4.15. The summed E-state index contributed by atoms with van der Waals surface area (Å²) < 4.78 is 4.91. The van der Waals surface area contributed by atoms with Crippen LogP contribution in [0.25, 0.3) is 0 Å². The second-order valence-electron chi connectivity index (χ2n) is 2.99. The third kappa shape index (κ3) is 2.75. The van der Waals surface area contributed by atoms with Gasteiger partial charge in [-0.2, -0.15) is 0 Å². The molecule has 1 amide bonds. The van der Waals surface area contributed by atoms with Crippen LogP contribution in [0.2, 0.25) is 0 Å². The molecular weight excluding hydrogens is 222 g/mol. The number of amides is 1. The number of alkyl halides is 1. The summed E-state index contributed by atoms with van der Waals surface area (Å²) in [5.74, 6) is 0.257. The van der Waals surface area contributed by atoms with E-state index < -0.39 is 0 Å². The number of carbonyl (C=O) groups excluding carboxylic acids is 1. The maximum atomic E-state index is 11.2. The van der Waals surface area contributed by atoms with Crippen molar-refractivity contribution >= 4 is 21.8 Å². The van der Waals surface area contributed by atoms with E-state index >= 15 is 0 Å². The van der Waals surface area contributed by atoms with Crippen molar-refractivity contribution in [1.29, 1.82) is 0 Å². The third-order valence-electron chi connectivity index (χ3n) is 1.94. The van der Waals surface area contributed by atoms with Crippen molar-refractivity contribution in [2.24, 2.45) is 0 Å². The van der Waals surface area contributed by atoms with E-state index in [1.54, 1.807) is 7.11 Å². The molecule has 0 aliphatic carbocycles. The Hall–Kier alpha value is -0.0900. The minimum atomic E-state index is 0.257. The molecule has 0 saturated carbocycles. The van der Waals surface area contributed by atoms with Gasteiger partial charge in [0.2, 0.25) is 5.91 Å². The third-order valence-corrected chi connectivity index (χ3v) is 2.56. The van der Waals surface area contributed by atoms with Crippen LogP contribution in [0.1, 0.15) is 12.8 Å². The van der Waals surface area contributed by atoms with Crippen LogP contribution in [0, 0.1) is 0 Å². The molecular formula is C8H14BrNO2. The Kier molecular flexibility index (Phi) is 4.01. The maximum Gasteiger partial charge on any atom is 0.223 e. The number of rotatable bonds is 4. The summed E-state index contributed by atoms with van der Waals surface area (Å²) in [7, 11) is 1.68. The summed E-state index contributed by atoms with van der Waals surface area (Å²) in [5.41, 5.74) is 0. The van der Waals surface area contributed by atoms with Crippen molar-refractivity contribution in [2.45, 2.75) is 17.7 Å². The number of methoxy groups -OCH3 is 1. The summed E-state index contributed by atoms with van der Waals surface area (Å²) in [4.78, 5) is 13.5. The first-order valence-corrected chi connectivity index (χ1v) is 5.06. The number of likely N-dealkylation sites (tertiary alicyclic amines) is 1. The topological polar surface area (TPSA) is 29.5 Å². The highest BCUT2D eigenvalue weighted by atomic mass is 79.9. The van der Waals surface area contributed by atoms with Crippen LogP contribution in [-0.2, 0) is 9.53 Å². The fourth-order valence-electron chi connectivity index (χ4n) is 1.34. The molecule has 70 valence electrons. The minimum Gasteiger partial charge on any atom is -0.385 e. The SMILES string of the molecule is COCCCN1CC(Br)CC1=O. The maximum absolute atomic E-state index is 11.2. The minimum absolute atomic E-state index is 0.257. The number of hydrogen-bond donors (Lipinski definition) is 0. The van der Waals surface area contributed by atoms with Gasteiger partial charge in [0.1, 0.15) is 0 Å². The Morgan fingerprint density at radius 1 is 1.75 bits per heavy atom. The lowest BCUT2D eigenvalue weighted by molar-refractivity contribution is -0.127. The van der Waals surface area contributed by atoms with Crippen molar-refractivity contribution in [2.75, 3.05) is 26.8 Å². The lowest BCUT2D eigenvalue weighted by Gasteiger charge is -2.14. The van der Waals surface area contributed by atoms with Gasteiger partial charge in [-0.25, -0.2) is 0 Å². The zero-order valence-electron chi connectivity index (χ0n) is 7.25. The largest absolute Gasteiger partial charge is 0.385 e. The number of hydrogen-bond acceptors (Lipinski definition) is 2. The highest BCUT2D eigenvalue weighted by Crippen LogP contribution is 2.17. The summed E-state index contributed by atoms with van der Waals surface area (Å²) in [6.45, 7) is 2.41. The molecule has 0 N–H and O–H groups in total. The van der Waals surface area contributed by atoms with Crippen molar-refractivity contribution in [1.82, 2.24) is 4.90 Å². The van der Waals surface area contributed by atoms with Crippen LogP contribution >= 0.6 is 15.9 Å². The van der Waals surface area contributed by atoms with E-state index in [-0.39, 0.29) is 5.91 Å². The summed E-state index contributed by atoms with van der Waals surface area (Å²) in [5, 5.41) is 0. The average molecular weight is 236 g/mol. The Labute approximate surface area is 81.2 Å². The molecule has 1 aliphatic rings. The highest BCUT2D eigenvalue weighted by Gasteiger charge is 2.26. The van der Waals surface area contributed by atoms with Gasteiger partial charge in [-0.05, 0) is 6.42 Å². The summed E-state index contributed by atoms with van der Waals surface area (Å²) >= 11 is 3.43. The molecule has 1 heterocycles. The van der Waals surface area contributed by atoms with Gasteiger partial charge < -0.3 is 9.64 Å². The second-order valence-corrected chi connectivity index (χ2v) is 4.28. The fourth-order valence-corrected chi connectivity index (χ4v) is 1.97. The molecule has 0 bridgehead atoms. The van der Waals surface area contributed by atoms with Gasteiger partial charge in [0.05, 0.1) is 0 Å². The highest BCUT2D eigenvalue weighted by molar-refractivity contribution is 9.09. The molecule has 1 unspecified atom stereocenters. The fraction of sp³-hybridized carbons (Fsp3) is 0.875. The van der Waals surface area contributed by atoms with Gasteiger partial charge in [0.25, 0.3) is 0 Å². The number of carbonyl (C=O) groups is 1. The van der Waals surface area contributed by atoms with Gasteiger partial charge in [-0.3, -0.25) is 4.79 Å². The molecule has 1 fully saturated rings. The van der Waals surface area contributed by atoms with E-state index in [0.29, 0.717) is 11.2 Å². The second kappa shape index (κ2) is 4.82. The van der Waals surface area contributed by atoms with Crippen LogP contribution < -0.4 is 0 Å². The van der Waals surface area contributed by atoms with E-state index in [1.807, 2.05) is 4.90 Å². The molecule has 1 rings (SSSR count). The molecule has 0 aromatic rings. The van der Waals surface area contributed by atoms with Crippen molar-refractivity contribution in [3.05, 3.63) is 0 Å². The smallest absolute Gasteiger partial charge is 0.223 e. The van der Waals surface area contributed by atoms with Gasteiger partial charge in [0, 0.05) is 38.1 Å². The molecule has 1 atom stereocenters. The number of halogens is 1. The Balaban J connectivity index is 2.19. The molecule has 0 spiro atoms. The van der Waals surface area contributed by atoms with Crippen molar-refractivity contribution < 1.29 is 9.53 Å². The first-order chi connectivity index (χ1) is 5.74. The Bertz CT molecular complexity index is 163. The van der Waals surface area contributed by atoms with E-state index in [9.17, 15) is 4.79 Å².